The molecule has 124 valence electrons. The number of aromatic amines is 1. The molecule has 0 aliphatic heterocycles. The van der Waals surface area contributed by atoms with E-state index in [-0.39, 0.29) is 18.5 Å². The van der Waals surface area contributed by atoms with E-state index in [9.17, 15) is 9.90 Å². The summed E-state index contributed by atoms with van der Waals surface area (Å²) in [6.45, 7) is 1.58. The summed E-state index contributed by atoms with van der Waals surface area (Å²) in [4.78, 5) is 16.4. The predicted octanol–water partition coefficient (Wildman–Crippen LogP) is 1.92. The van der Waals surface area contributed by atoms with Gasteiger partial charge in [-0.25, -0.2) is 9.78 Å². The Morgan fingerprint density at radius 2 is 2.12 bits per heavy atom. The van der Waals surface area contributed by atoms with Crippen molar-refractivity contribution in [2.75, 3.05) is 11.1 Å². The Bertz CT molecular complexity index is 862. The summed E-state index contributed by atoms with van der Waals surface area (Å²) in [5.74, 6) is 0.559. The fraction of sp³-hybridized carbons (Fsp3) is 0.188. The number of aliphatic hydroxyl groups is 1. The summed E-state index contributed by atoms with van der Waals surface area (Å²) in [5, 5.41) is 22.1. The first-order valence-electron chi connectivity index (χ1n) is 7.45. The number of aromatic nitrogens is 3. The molecular formula is C16H18N6O2. The molecule has 3 aromatic rings. The molecule has 0 fully saturated rings. The van der Waals surface area contributed by atoms with E-state index < -0.39 is 6.03 Å². The fourth-order valence-electron chi connectivity index (χ4n) is 2.50. The zero-order chi connectivity index (χ0) is 17.1. The van der Waals surface area contributed by atoms with Crippen LogP contribution in [0.15, 0.2) is 36.4 Å². The van der Waals surface area contributed by atoms with E-state index in [1.54, 1.807) is 6.07 Å². The standard InChI is InChI=1S/C16H18N6O2/c1-9(10-5-3-2-4-6-10)18-16(24)20-13-7-11-14(12(8-23)19-13)15(17)22-21-11/h2-7,9,23H,8H2,1H3,(H3,17,21,22)(H2,18,19,20,24)/t9-/m1/s1. The Balaban J connectivity index is 1.76. The van der Waals surface area contributed by atoms with Gasteiger partial charge in [0.2, 0.25) is 0 Å². The largest absolute Gasteiger partial charge is 0.390 e. The lowest BCUT2D eigenvalue weighted by molar-refractivity contribution is 0.249. The Kier molecular flexibility index (Phi) is 4.30. The number of H-pyrrole nitrogens is 1. The topological polar surface area (TPSA) is 129 Å². The number of nitrogens with one attached hydrogen (secondary N) is 3. The number of aliphatic hydroxyl groups excluding tert-OH is 1. The third-order valence-electron chi connectivity index (χ3n) is 3.69. The molecule has 0 saturated carbocycles. The smallest absolute Gasteiger partial charge is 0.320 e. The molecule has 2 heterocycles. The van der Waals surface area contributed by atoms with Gasteiger partial charge in [0.1, 0.15) is 5.82 Å². The number of nitrogen functional groups attached to an aromatic ring is 1. The first-order valence-corrected chi connectivity index (χ1v) is 7.45. The van der Waals surface area contributed by atoms with Crippen molar-refractivity contribution in [3.05, 3.63) is 47.7 Å². The number of hydrogen-bond acceptors (Lipinski definition) is 5. The number of anilines is 2. The van der Waals surface area contributed by atoms with Crippen LogP contribution in [0.4, 0.5) is 16.4 Å². The quantitative estimate of drug-likeness (QED) is 0.500. The summed E-state index contributed by atoms with van der Waals surface area (Å²) in [6, 6.07) is 10.7. The molecule has 0 saturated heterocycles. The first kappa shape index (κ1) is 15.8. The maximum atomic E-state index is 12.2. The van der Waals surface area contributed by atoms with Crippen LogP contribution in [0.3, 0.4) is 0 Å². The van der Waals surface area contributed by atoms with Crippen LogP contribution in [0.25, 0.3) is 10.9 Å². The number of pyridine rings is 1. The van der Waals surface area contributed by atoms with Gasteiger partial charge in [-0.2, -0.15) is 5.10 Å². The van der Waals surface area contributed by atoms with Crippen LogP contribution in [0, 0.1) is 0 Å². The summed E-state index contributed by atoms with van der Waals surface area (Å²) >= 11 is 0. The number of benzene rings is 1. The number of carbonyl (C=O) groups excluding carboxylic acids is 1. The van der Waals surface area contributed by atoms with E-state index in [0.717, 1.165) is 5.56 Å². The summed E-state index contributed by atoms with van der Waals surface area (Å²) < 4.78 is 0. The van der Waals surface area contributed by atoms with Crippen LogP contribution in [-0.2, 0) is 6.61 Å². The van der Waals surface area contributed by atoms with E-state index in [0.29, 0.717) is 22.4 Å². The highest BCUT2D eigenvalue weighted by Gasteiger charge is 2.14. The molecule has 1 atom stereocenters. The number of carbonyl (C=O) groups is 1. The molecule has 0 aliphatic rings. The van der Waals surface area contributed by atoms with Crippen LogP contribution < -0.4 is 16.4 Å². The average Bonchev–Trinajstić information content (AvgIpc) is 2.96. The maximum Gasteiger partial charge on any atom is 0.320 e. The van der Waals surface area contributed by atoms with Crippen LogP contribution in [0.1, 0.15) is 24.2 Å². The van der Waals surface area contributed by atoms with Gasteiger partial charge in [0, 0.05) is 6.07 Å². The van der Waals surface area contributed by atoms with Gasteiger partial charge in [-0.3, -0.25) is 10.4 Å². The van der Waals surface area contributed by atoms with Crippen LogP contribution in [0.5, 0.6) is 0 Å². The molecule has 0 spiro atoms. The molecular weight excluding hydrogens is 308 g/mol. The number of fused-ring (bicyclic) bond motifs is 1. The van der Waals surface area contributed by atoms with Crippen molar-refractivity contribution in [2.45, 2.75) is 19.6 Å². The SMILES string of the molecule is C[C@@H](NC(=O)Nc1cc2[nH]nc(N)c2c(CO)n1)c1ccccc1. The van der Waals surface area contributed by atoms with Crippen molar-refractivity contribution >= 4 is 28.6 Å². The maximum absolute atomic E-state index is 12.2. The van der Waals surface area contributed by atoms with E-state index in [2.05, 4.69) is 25.8 Å². The first-order chi connectivity index (χ1) is 11.6. The molecule has 8 heteroatoms. The lowest BCUT2D eigenvalue weighted by atomic mass is 10.1. The summed E-state index contributed by atoms with van der Waals surface area (Å²) in [6.07, 6.45) is 0. The second kappa shape index (κ2) is 6.55. The van der Waals surface area contributed by atoms with Gasteiger partial charge >= 0.3 is 6.03 Å². The Morgan fingerprint density at radius 3 is 2.83 bits per heavy atom. The number of urea groups is 1. The van der Waals surface area contributed by atoms with Gasteiger partial charge < -0.3 is 16.2 Å². The van der Waals surface area contributed by atoms with Crippen molar-refractivity contribution in [1.82, 2.24) is 20.5 Å². The highest BCUT2D eigenvalue weighted by atomic mass is 16.3. The van der Waals surface area contributed by atoms with Gasteiger partial charge in [-0.15, -0.1) is 0 Å². The Morgan fingerprint density at radius 1 is 1.38 bits per heavy atom. The van der Waals surface area contributed by atoms with Gasteiger partial charge in [0.15, 0.2) is 5.82 Å². The zero-order valence-electron chi connectivity index (χ0n) is 13.1. The molecule has 2 amide bonds. The minimum Gasteiger partial charge on any atom is -0.390 e. The van der Waals surface area contributed by atoms with Gasteiger partial charge in [0.05, 0.1) is 29.2 Å². The third kappa shape index (κ3) is 3.13. The lowest BCUT2D eigenvalue weighted by Gasteiger charge is -2.15. The van der Waals surface area contributed by atoms with Crippen molar-refractivity contribution in [1.29, 1.82) is 0 Å². The van der Waals surface area contributed by atoms with Crippen molar-refractivity contribution in [2.24, 2.45) is 0 Å². The normalized spacial score (nSPS) is 12.1. The van der Waals surface area contributed by atoms with E-state index in [4.69, 9.17) is 5.73 Å². The monoisotopic (exact) mass is 326 g/mol. The molecule has 6 N–H and O–H groups in total. The Hall–Kier alpha value is -3.13. The second-order valence-corrected chi connectivity index (χ2v) is 5.37. The lowest BCUT2D eigenvalue weighted by Crippen LogP contribution is -2.31. The third-order valence-corrected chi connectivity index (χ3v) is 3.69. The molecule has 0 bridgehead atoms. The molecule has 8 nitrogen and oxygen atoms in total. The Labute approximate surface area is 138 Å². The zero-order valence-corrected chi connectivity index (χ0v) is 13.1. The molecule has 0 unspecified atom stereocenters. The number of nitrogens with two attached hydrogens (primary N) is 1. The number of amides is 2. The van der Waals surface area contributed by atoms with Crippen LogP contribution in [0.2, 0.25) is 0 Å². The summed E-state index contributed by atoms with van der Waals surface area (Å²) in [7, 11) is 0. The van der Waals surface area contributed by atoms with E-state index >= 15 is 0 Å². The second-order valence-electron chi connectivity index (χ2n) is 5.37. The molecule has 1 aromatic carbocycles. The minimum atomic E-state index is -0.394. The fourth-order valence-corrected chi connectivity index (χ4v) is 2.50. The number of nitrogens with zero attached hydrogens (tertiary/aromatic N) is 2. The molecule has 3 rings (SSSR count). The average molecular weight is 326 g/mol. The van der Waals surface area contributed by atoms with Crippen molar-refractivity contribution in [3.63, 3.8) is 0 Å². The van der Waals surface area contributed by atoms with Gasteiger partial charge in [-0.1, -0.05) is 30.3 Å². The van der Waals surface area contributed by atoms with Gasteiger partial charge in [0.25, 0.3) is 0 Å². The van der Waals surface area contributed by atoms with Crippen LogP contribution >= 0.6 is 0 Å². The molecule has 0 radical (unpaired) electrons. The highest BCUT2D eigenvalue weighted by molar-refractivity contribution is 5.95. The number of rotatable bonds is 4. The predicted molar refractivity (Wildman–Crippen MR) is 91.2 cm³/mol. The molecule has 24 heavy (non-hydrogen) atoms. The molecule has 2 aromatic heterocycles. The molecule has 0 aliphatic carbocycles. The van der Waals surface area contributed by atoms with Crippen molar-refractivity contribution < 1.29 is 9.90 Å². The highest BCUT2D eigenvalue weighted by Crippen LogP contribution is 2.24. The summed E-state index contributed by atoms with van der Waals surface area (Å²) in [5.41, 5.74) is 7.68. The van der Waals surface area contributed by atoms with Gasteiger partial charge in [-0.05, 0) is 12.5 Å². The number of hydrogen-bond donors (Lipinski definition) is 5. The van der Waals surface area contributed by atoms with Crippen molar-refractivity contribution in [3.8, 4) is 0 Å². The minimum absolute atomic E-state index is 0.157. The van der Waals surface area contributed by atoms with E-state index in [1.165, 1.54) is 0 Å². The van der Waals surface area contributed by atoms with Crippen LogP contribution in [-0.4, -0.2) is 26.3 Å². The van der Waals surface area contributed by atoms with E-state index in [1.807, 2.05) is 37.3 Å².